The Morgan fingerprint density at radius 2 is 2.00 bits per heavy atom. The molecule has 1 atom stereocenters. The first-order chi connectivity index (χ1) is 9.63. The molecule has 0 saturated heterocycles. The van der Waals surface area contributed by atoms with Crippen LogP contribution in [-0.4, -0.2) is 12.0 Å². The van der Waals surface area contributed by atoms with Gasteiger partial charge in [0.05, 0.1) is 11.9 Å². The van der Waals surface area contributed by atoms with E-state index in [9.17, 15) is 4.39 Å². The summed E-state index contributed by atoms with van der Waals surface area (Å²) in [4.78, 5) is 4.40. The molecule has 0 spiro atoms. The number of rotatable bonds is 5. The van der Waals surface area contributed by atoms with Gasteiger partial charge in [0.25, 0.3) is 0 Å². The molecule has 0 saturated carbocycles. The lowest BCUT2D eigenvalue weighted by atomic mass is 10.1. The monoisotopic (exact) mass is 274 g/mol. The molecule has 1 heterocycles. The zero-order chi connectivity index (χ0) is 14.5. The SMILES string of the molecule is CCC(NC)c1ccc(Oc2ccc(F)c(C)c2)cn1. The van der Waals surface area contributed by atoms with Crippen molar-refractivity contribution in [3.05, 3.63) is 53.6 Å². The summed E-state index contributed by atoms with van der Waals surface area (Å²) in [5.74, 6) is 1.02. The molecule has 0 fully saturated rings. The summed E-state index contributed by atoms with van der Waals surface area (Å²) in [7, 11) is 1.92. The van der Waals surface area contributed by atoms with Crippen LogP contribution in [0.15, 0.2) is 36.5 Å². The summed E-state index contributed by atoms with van der Waals surface area (Å²) < 4.78 is 18.8. The molecule has 2 rings (SSSR count). The van der Waals surface area contributed by atoms with E-state index in [1.165, 1.54) is 6.07 Å². The molecule has 0 aliphatic heterocycles. The van der Waals surface area contributed by atoms with Gasteiger partial charge < -0.3 is 10.1 Å². The second-order valence-corrected chi connectivity index (χ2v) is 4.68. The summed E-state index contributed by atoms with van der Waals surface area (Å²) in [5, 5.41) is 3.21. The maximum atomic E-state index is 13.2. The van der Waals surface area contributed by atoms with Gasteiger partial charge in [-0.15, -0.1) is 0 Å². The lowest BCUT2D eigenvalue weighted by Gasteiger charge is -2.13. The topological polar surface area (TPSA) is 34.1 Å². The number of nitrogens with zero attached hydrogens (tertiary/aromatic N) is 1. The first kappa shape index (κ1) is 14.5. The second kappa shape index (κ2) is 6.48. The average molecular weight is 274 g/mol. The molecule has 106 valence electrons. The fourth-order valence-corrected chi connectivity index (χ4v) is 2.04. The van der Waals surface area contributed by atoms with E-state index in [1.807, 2.05) is 19.2 Å². The molecule has 20 heavy (non-hydrogen) atoms. The molecule has 2 aromatic rings. The Kier molecular flexibility index (Phi) is 4.69. The normalized spacial score (nSPS) is 12.2. The van der Waals surface area contributed by atoms with Crippen LogP contribution in [0.5, 0.6) is 11.5 Å². The van der Waals surface area contributed by atoms with E-state index in [0.29, 0.717) is 17.1 Å². The highest BCUT2D eigenvalue weighted by atomic mass is 19.1. The maximum Gasteiger partial charge on any atom is 0.145 e. The second-order valence-electron chi connectivity index (χ2n) is 4.68. The highest BCUT2D eigenvalue weighted by molar-refractivity contribution is 5.33. The third-order valence-electron chi connectivity index (χ3n) is 3.24. The van der Waals surface area contributed by atoms with Crippen LogP contribution in [0.3, 0.4) is 0 Å². The molecule has 1 aromatic heterocycles. The lowest BCUT2D eigenvalue weighted by Crippen LogP contribution is -2.16. The first-order valence-corrected chi connectivity index (χ1v) is 6.71. The zero-order valence-corrected chi connectivity index (χ0v) is 12.0. The summed E-state index contributed by atoms with van der Waals surface area (Å²) in [6.45, 7) is 3.82. The van der Waals surface area contributed by atoms with Gasteiger partial charge in [0.2, 0.25) is 0 Å². The van der Waals surface area contributed by atoms with Gasteiger partial charge in [-0.25, -0.2) is 4.39 Å². The fraction of sp³-hybridized carbons (Fsp3) is 0.312. The van der Waals surface area contributed by atoms with Crippen molar-refractivity contribution in [1.82, 2.24) is 10.3 Å². The standard InChI is InChI=1S/C16H19FN2O/c1-4-15(18-3)16-8-6-13(10-19-16)20-12-5-7-14(17)11(2)9-12/h5-10,15,18H,4H2,1-3H3. The number of aromatic nitrogens is 1. The van der Waals surface area contributed by atoms with Crippen molar-refractivity contribution in [2.45, 2.75) is 26.3 Å². The van der Waals surface area contributed by atoms with E-state index in [2.05, 4.69) is 17.2 Å². The minimum absolute atomic E-state index is 0.231. The number of nitrogens with one attached hydrogen (secondary N) is 1. The zero-order valence-electron chi connectivity index (χ0n) is 12.0. The van der Waals surface area contributed by atoms with Gasteiger partial charge in [0, 0.05) is 6.04 Å². The summed E-state index contributed by atoms with van der Waals surface area (Å²) in [5.41, 5.74) is 1.55. The van der Waals surface area contributed by atoms with Gasteiger partial charge in [-0.3, -0.25) is 4.98 Å². The fourth-order valence-electron chi connectivity index (χ4n) is 2.04. The lowest BCUT2D eigenvalue weighted by molar-refractivity contribution is 0.474. The molecule has 1 aromatic carbocycles. The van der Waals surface area contributed by atoms with Crippen molar-refractivity contribution in [3.8, 4) is 11.5 Å². The summed E-state index contributed by atoms with van der Waals surface area (Å²) in [6.07, 6.45) is 2.66. The van der Waals surface area contributed by atoms with Gasteiger partial charge in [-0.2, -0.15) is 0 Å². The summed E-state index contributed by atoms with van der Waals surface area (Å²) >= 11 is 0. The Morgan fingerprint density at radius 1 is 1.25 bits per heavy atom. The Labute approximate surface area is 118 Å². The van der Waals surface area contributed by atoms with Gasteiger partial charge in [0.15, 0.2) is 0 Å². The van der Waals surface area contributed by atoms with Gasteiger partial charge in [-0.1, -0.05) is 6.92 Å². The van der Waals surface area contributed by atoms with E-state index >= 15 is 0 Å². The van der Waals surface area contributed by atoms with E-state index in [-0.39, 0.29) is 11.9 Å². The third-order valence-corrected chi connectivity index (χ3v) is 3.24. The average Bonchev–Trinajstić information content (AvgIpc) is 2.46. The van der Waals surface area contributed by atoms with E-state index in [0.717, 1.165) is 12.1 Å². The predicted molar refractivity (Wildman–Crippen MR) is 77.5 cm³/mol. The van der Waals surface area contributed by atoms with Gasteiger partial charge in [-0.05, 0) is 56.3 Å². The Hall–Kier alpha value is -1.94. The van der Waals surface area contributed by atoms with Crippen molar-refractivity contribution in [3.63, 3.8) is 0 Å². The first-order valence-electron chi connectivity index (χ1n) is 6.71. The summed E-state index contributed by atoms with van der Waals surface area (Å²) in [6, 6.07) is 8.75. The smallest absolute Gasteiger partial charge is 0.145 e. The number of pyridine rings is 1. The van der Waals surface area contributed by atoms with Crippen LogP contribution in [-0.2, 0) is 0 Å². The Balaban J connectivity index is 2.12. The highest BCUT2D eigenvalue weighted by Crippen LogP contribution is 2.24. The van der Waals surface area contributed by atoms with Crippen molar-refractivity contribution < 1.29 is 9.13 Å². The molecule has 0 bridgehead atoms. The molecule has 0 aliphatic carbocycles. The number of aryl methyl sites for hydroxylation is 1. The number of hydrogen-bond donors (Lipinski definition) is 1. The van der Waals surface area contributed by atoms with Gasteiger partial charge in [0.1, 0.15) is 17.3 Å². The molecule has 1 N–H and O–H groups in total. The van der Waals surface area contributed by atoms with Crippen molar-refractivity contribution >= 4 is 0 Å². The van der Waals surface area contributed by atoms with Crippen molar-refractivity contribution in [2.75, 3.05) is 7.05 Å². The van der Waals surface area contributed by atoms with Crippen molar-refractivity contribution in [1.29, 1.82) is 0 Å². The van der Waals surface area contributed by atoms with Crippen LogP contribution in [0.1, 0.15) is 30.6 Å². The van der Waals surface area contributed by atoms with Crippen LogP contribution < -0.4 is 10.1 Å². The number of halogens is 1. The Morgan fingerprint density at radius 3 is 2.55 bits per heavy atom. The molecule has 1 unspecified atom stereocenters. The van der Waals surface area contributed by atoms with Crippen LogP contribution in [0, 0.1) is 12.7 Å². The predicted octanol–water partition coefficient (Wildman–Crippen LogP) is 3.99. The third kappa shape index (κ3) is 3.33. The molecular weight excluding hydrogens is 255 g/mol. The Bertz CT molecular complexity index is 565. The van der Waals surface area contributed by atoms with E-state index < -0.39 is 0 Å². The minimum atomic E-state index is -0.231. The number of ether oxygens (including phenoxy) is 1. The molecule has 0 aliphatic rings. The molecule has 3 nitrogen and oxygen atoms in total. The highest BCUT2D eigenvalue weighted by Gasteiger charge is 2.08. The maximum absolute atomic E-state index is 13.2. The van der Waals surface area contributed by atoms with E-state index in [1.54, 1.807) is 25.3 Å². The van der Waals surface area contributed by atoms with Crippen molar-refractivity contribution in [2.24, 2.45) is 0 Å². The number of benzene rings is 1. The molecule has 0 radical (unpaired) electrons. The quantitative estimate of drug-likeness (QED) is 0.895. The van der Waals surface area contributed by atoms with Gasteiger partial charge >= 0.3 is 0 Å². The van der Waals surface area contributed by atoms with Crippen LogP contribution >= 0.6 is 0 Å². The largest absolute Gasteiger partial charge is 0.456 e. The molecular formula is C16H19FN2O. The van der Waals surface area contributed by atoms with Crippen LogP contribution in [0.2, 0.25) is 0 Å². The van der Waals surface area contributed by atoms with Crippen LogP contribution in [0.25, 0.3) is 0 Å². The molecule has 0 amide bonds. The number of hydrogen-bond acceptors (Lipinski definition) is 3. The minimum Gasteiger partial charge on any atom is -0.456 e. The van der Waals surface area contributed by atoms with E-state index in [4.69, 9.17) is 4.74 Å². The van der Waals surface area contributed by atoms with Crippen LogP contribution in [0.4, 0.5) is 4.39 Å². The molecule has 4 heteroatoms.